The number of aliphatic hydroxyl groups is 1. The van der Waals surface area contributed by atoms with Gasteiger partial charge in [0.05, 0.1) is 0 Å². The molecule has 2 N–H and O–H groups in total. The lowest BCUT2D eigenvalue weighted by Crippen LogP contribution is -2.48. The standard InChI is InChI=1S/C17H23ClN2O3/c1-3-17(11-21)6-8-20(9-7-17)16(23)15(22)19-13-5-4-12(2)14(18)10-13/h4-5,10,21H,3,6-9,11H2,1-2H3,(H,19,22). The molecule has 0 aromatic heterocycles. The second-order valence-corrected chi connectivity index (χ2v) is 6.63. The lowest BCUT2D eigenvalue weighted by atomic mass is 9.77. The van der Waals surface area contributed by atoms with Crippen molar-refractivity contribution in [1.82, 2.24) is 4.90 Å². The Kier molecular flexibility index (Phi) is 5.65. The maximum absolute atomic E-state index is 12.3. The number of aryl methyl sites for hydroxylation is 1. The first-order chi connectivity index (χ1) is 10.9. The van der Waals surface area contributed by atoms with Gasteiger partial charge in [0.25, 0.3) is 0 Å². The van der Waals surface area contributed by atoms with Crippen molar-refractivity contribution in [2.45, 2.75) is 33.1 Å². The molecule has 1 saturated heterocycles. The molecule has 2 rings (SSSR count). The summed E-state index contributed by atoms with van der Waals surface area (Å²) in [4.78, 5) is 25.9. The normalized spacial score (nSPS) is 17.0. The summed E-state index contributed by atoms with van der Waals surface area (Å²) in [6.45, 7) is 5.03. The Labute approximate surface area is 141 Å². The monoisotopic (exact) mass is 338 g/mol. The van der Waals surface area contributed by atoms with Crippen molar-refractivity contribution < 1.29 is 14.7 Å². The summed E-state index contributed by atoms with van der Waals surface area (Å²) in [5, 5.41) is 12.7. The molecule has 1 aliphatic rings. The highest BCUT2D eigenvalue weighted by Crippen LogP contribution is 2.34. The van der Waals surface area contributed by atoms with Crippen LogP contribution in [0.1, 0.15) is 31.7 Å². The Hall–Kier alpha value is -1.59. The molecule has 6 heteroatoms. The van der Waals surface area contributed by atoms with E-state index in [0.29, 0.717) is 23.8 Å². The number of piperidine rings is 1. The highest BCUT2D eigenvalue weighted by molar-refractivity contribution is 6.39. The number of halogens is 1. The number of anilines is 1. The minimum Gasteiger partial charge on any atom is -0.396 e. The number of aliphatic hydroxyl groups excluding tert-OH is 1. The van der Waals surface area contributed by atoms with E-state index in [1.165, 1.54) is 0 Å². The molecule has 2 amide bonds. The number of carbonyl (C=O) groups is 2. The minimum absolute atomic E-state index is 0.113. The molecule has 0 saturated carbocycles. The third kappa shape index (κ3) is 4.03. The van der Waals surface area contributed by atoms with Gasteiger partial charge in [-0.3, -0.25) is 9.59 Å². The van der Waals surface area contributed by atoms with Crippen molar-refractivity contribution in [3.05, 3.63) is 28.8 Å². The van der Waals surface area contributed by atoms with Gasteiger partial charge in [-0.1, -0.05) is 24.6 Å². The SMILES string of the molecule is CCC1(CO)CCN(C(=O)C(=O)Nc2ccc(C)c(Cl)c2)CC1. The van der Waals surface area contributed by atoms with Crippen LogP contribution in [0.25, 0.3) is 0 Å². The largest absolute Gasteiger partial charge is 0.396 e. The van der Waals surface area contributed by atoms with Crippen LogP contribution in [0.15, 0.2) is 18.2 Å². The van der Waals surface area contributed by atoms with Crippen LogP contribution in [0.3, 0.4) is 0 Å². The molecule has 0 spiro atoms. The van der Waals surface area contributed by atoms with E-state index in [2.05, 4.69) is 5.32 Å². The van der Waals surface area contributed by atoms with Gasteiger partial charge in [0.1, 0.15) is 0 Å². The fraction of sp³-hybridized carbons (Fsp3) is 0.529. The Bertz CT molecular complexity index is 590. The molecular formula is C17H23ClN2O3. The van der Waals surface area contributed by atoms with Crippen molar-refractivity contribution in [3.8, 4) is 0 Å². The van der Waals surface area contributed by atoms with Gasteiger partial charge in [-0.15, -0.1) is 0 Å². The number of benzene rings is 1. The summed E-state index contributed by atoms with van der Waals surface area (Å²) in [5.74, 6) is -1.19. The zero-order chi connectivity index (χ0) is 17.0. The molecule has 1 aromatic rings. The smallest absolute Gasteiger partial charge is 0.313 e. The van der Waals surface area contributed by atoms with E-state index in [0.717, 1.165) is 24.8 Å². The first kappa shape index (κ1) is 17.8. The number of nitrogens with zero attached hydrogens (tertiary/aromatic N) is 1. The van der Waals surface area contributed by atoms with Crippen LogP contribution in [0, 0.1) is 12.3 Å². The summed E-state index contributed by atoms with van der Waals surface area (Å²) < 4.78 is 0. The second-order valence-electron chi connectivity index (χ2n) is 6.22. The molecule has 23 heavy (non-hydrogen) atoms. The van der Waals surface area contributed by atoms with Crippen LogP contribution in [0.4, 0.5) is 5.69 Å². The summed E-state index contributed by atoms with van der Waals surface area (Å²) in [7, 11) is 0. The molecule has 0 atom stereocenters. The Morgan fingerprint density at radius 1 is 1.35 bits per heavy atom. The van der Waals surface area contributed by atoms with Gasteiger partial charge in [-0.2, -0.15) is 0 Å². The molecule has 1 fully saturated rings. The number of hydrogen-bond donors (Lipinski definition) is 2. The topological polar surface area (TPSA) is 69.6 Å². The molecule has 0 unspecified atom stereocenters. The van der Waals surface area contributed by atoms with Gasteiger partial charge in [-0.05, 0) is 49.3 Å². The number of nitrogens with one attached hydrogen (secondary N) is 1. The molecule has 0 radical (unpaired) electrons. The lowest BCUT2D eigenvalue weighted by Gasteiger charge is -2.39. The summed E-state index contributed by atoms with van der Waals surface area (Å²) in [5.41, 5.74) is 1.30. The second kappa shape index (κ2) is 7.32. The van der Waals surface area contributed by atoms with E-state index in [-0.39, 0.29) is 12.0 Å². The number of carbonyl (C=O) groups excluding carboxylic acids is 2. The summed E-state index contributed by atoms with van der Waals surface area (Å²) in [6.07, 6.45) is 2.31. The number of amides is 2. The van der Waals surface area contributed by atoms with Crippen molar-refractivity contribution in [1.29, 1.82) is 0 Å². The van der Waals surface area contributed by atoms with Crippen molar-refractivity contribution in [2.75, 3.05) is 25.0 Å². The number of rotatable bonds is 3. The average Bonchev–Trinajstić information content (AvgIpc) is 2.57. The minimum atomic E-state index is -0.655. The van der Waals surface area contributed by atoms with Crippen LogP contribution < -0.4 is 5.32 Å². The van der Waals surface area contributed by atoms with Gasteiger partial charge in [0.2, 0.25) is 0 Å². The van der Waals surface area contributed by atoms with Crippen molar-refractivity contribution >= 4 is 29.1 Å². The first-order valence-electron chi connectivity index (χ1n) is 7.88. The predicted molar refractivity (Wildman–Crippen MR) is 90.4 cm³/mol. The van der Waals surface area contributed by atoms with E-state index >= 15 is 0 Å². The van der Waals surface area contributed by atoms with Crippen LogP contribution in [-0.4, -0.2) is 41.5 Å². The van der Waals surface area contributed by atoms with Gasteiger partial charge < -0.3 is 15.3 Å². The van der Waals surface area contributed by atoms with E-state index < -0.39 is 11.8 Å². The van der Waals surface area contributed by atoms with E-state index in [1.54, 1.807) is 23.1 Å². The fourth-order valence-corrected chi connectivity index (χ4v) is 2.99. The molecule has 126 valence electrons. The zero-order valence-electron chi connectivity index (χ0n) is 13.6. The highest BCUT2D eigenvalue weighted by Gasteiger charge is 2.35. The average molecular weight is 339 g/mol. The number of likely N-dealkylation sites (tertiary alicyclic amines) is 1. The van der Waals surface area contributed by atoms with E-state index in [9.17, 15) is 14.7 Å². The third-order valence-corrected chi connectivity index (χ3v) is 5.23. The lowest BCUT2D eigenvalue weighted by molar-refractivity contribution is -0.145. The van der Waals surface area contributed by atoms with Gasteiger partial charge in [-0.25, -0.2) is 0 Å². The van der Waals surface area contributed by atoms with Crippen LogP contribution in [0.5, 0.6) is 0 Å². The number of hydrogen-bond acceptors (Lipinski definition) is 3. The molecule has 5 nitrogen and oxygen atoms in total. The molecule has 1 aliphatic heterocycles. The van der Waals surface area contributed by atoms with Crippen molar-refractivity contribution in [2.24, 2.45) is 5.41 Å². The molecule has 1 aromatic carbocycles. The van der Waals surface area contributed by atoms with Crippen LogP contribution >= 0.6 is 11.6 Å². The fourth-order valence-electron chi connectivity index (χ4n) is 2.81. The van der Waals surface area contributed by atoms with Crippen molar-refractivity contribution in [3.63, 3.8) is 0 Å². The van der Waals surface area contributed by atoms with E-state index in [1.807, 2.05) is 13.8 Å². The Morgan fingerprint density at radius 2 is 2.00 bits per heavy atom. The molecule has 1 heterocycles. The van der Waals surface area contributed by atoms with Gasteiger partial charge >= 0.3 is 11.8 Å². The van der Waals surface area contributed by atoms with E-state index in [4.69, 9.17) is 11.6 Å². The van der Waals surface area contributed by atoms with Crippen LogP contribution in [0.2, 0.25) is 5.02 Å². The van der Waals surface area contributed by atoms with Gasteiger partial charge in [0.15, 0.2) is 0 Å². The Morgan fingerprint density at radius 3 is 2.52 bits per heavy atom. The molecular weight excluding hydrogens is 316 g/mol. The maximum Gasteiger partial charge on any atom is 0.313 e. The zero-order valence-corrected chi connectivity index (χ0v) is 14.3. The Balaban J connectivity index is 1.95. The van der Waals surface area contributed by atoms with Crippen LogP contribution in [-0.2, 0) is 9.59 Å². The molecule has 0 bridgehead atoms. The summed E-state index contributed by atoms with van der Waals surface area (Å²) >= 11 is 6.02. The predicted octanol–water partition coefficient (Wildman–Crippen LogP) is 2.60. The third-order valence-electron chi connectivity index (χ3n) is 4.82. The maximum atomic E-state index is 12.3. The first-order valence-corrected chi connectivity index (χ1v) is 8.26. The highest BCUT2D eigenvalue weighted by atomic mass is 35.5. The summed E-state index contributed by atoms with van der Waals surface area (Å²) in [6, 6.07) is 5.14. The van der Waals surface area contributed by atoms with Gasteiger partial charge in [0, 0.05) is 30.4 Å². The molecule has 0 aliphatic carbocycles. The quantitative estimate of drug-likeness (QED) is 0.832.